The monoisotopic (exact) mass is 497 g/mol. The Morgan fingerprint density at radius 1 is 1.03 bits per heavy atom. The highest BCUT2D eigenvalue weighted by Crippen LogP contribution is 2.28. The van der Waals surface area contributed by atoms with Gasteiger partial charge >= 0.3 is 6.09 Å². The quantitative estimate of drug-likeness (QED) is 0.462. The number of nitrogens with zero attached hydrogens (tertiary/aromatic N) is 1. The van der Waals surface area contributed by atoms with E-state index >= 15 is 0 Å². The van der Waals surface area contributed by atoms with Crippen molar-refractivity contribution in [3.63, 3.8) is 0 Å². The maximum atomic E-state index is 13.8. The van der Waals surface area contributed by atoms with Crippen molar-refractivity contribution in [2.24, 2.45) is 0 Å². The molecular formula is C28H39N3O5. The van der Waals surface area contributed by atoms with Crippen LogP contribution in [0.5, 0.6) is 0 Å². The predicted octanol–water partition coefficient (Wildman–Crippen LogP) is 3.87. The van der Waals surface area contributed by atoms with Gasteiger partial charge in [-0.1, -0.05) is 61.5 Å². The van der Waals surface area contributed by atoms with Gasteiger partial charge in [0, 0.05) is 12.6 Å². The van der Waals surface area contributed by atoms with Gasteiger partial charge in [-0.15, -0.1) is 0 Å². The van der Waals surface area contributed by atoms with E-state index in [1.54, 1.807) is 20.8 Å². The average molecular weight is 498 g/mol. The minimum atomic E-state index is -1.28. The number of amides is 3. The van der Waals surface area contributed by atoms with Crippen molar-refractivity contribution in [1.29, 1.82) is 0 Å². The van der Waals surface area contributed by atoms with Crippen molar-refractivity contribution >= 4 is 17.9 Å². The molecule has 0 radical (unpaired) electrons. The number of ether oxygens (including phenoxy) is 1. The number of hydrogen-bond acceptors (Lipinski definition) is 5. The zero-order valence-electron chi connectivity index (χ0n) is 22.1. The molecular weight excluding hydrogens is 458 g/mol. The number of alkyl carbamates (subject to hydrolysis) is 1. The van der Waals surface area contributed by atoms with E-state index in [9.17, 15) is 19.5 Å². The minimum Gasteiger partial charge on any atom is -0.444 e. The lowest BCUT2D eigenvalue weighted by Crippen LogP contribution is -2.56. The number of aliphatic hydroxyl groups is 1. The van der Waals surface area contributed by atoms with Crippen molar-refractivity contribution in [2.75, 3.05) is 6.61 Å². The normalized spacial score (nSPS) is 13.8. The predicted molar refractivity (Wildman–Crippen MR) is 139 cm³/mol. The van der Waals surface area contributed by atoms with E-state index in [0.717, 1.165) is 11.1 Å². The number of aliphatic hydroxyl groups excluding tert-OH is 1. The lowest BCUT2D eigenvalue weighted by Gasteiger charge is -2.38. The maximum Gasteiger partial charge on any atom is 0.408 e. The Morgan fingerprint density at radius 2 is 1.64 bits per heavy atom. The number of hydrogen-bond donors (Lipinski definition) is 3. The molecule has 0 aliphatic heterocycles. The Labute approximate surface area is 214 Å². The fraction of sp³-hybridized carbons (Fsp3) is 0.464. The molecule has 2 rings (SSSR count). The standard InChI is InChI=1S/C28H39N3O5/c1-7-20(3)31(26(34)23(18-32)30-27(35)36-28(4,5)6)24(22-16-12-11-13-19(22)2)25(33)29-17-21-14-9-8-10-15-21/h8-16,20,23-24,32H,7,17-18H2,1-6H3,(H,29,33)(H,30,35). The van der Waals surface area contributed by atoms with Crippen LogP contribution in [0.1, 0.15) is 63.8 Å². The van der Waals surface area contributed by atoms with Crippen molar-refractivity contribution in [3.05, 3.63) is 71.3 Å². The third-order valence-electron chi connectivity index (χ3n) is 5.81. The number of carbonyl (C=O) groups excluding carboxylic acids is 3. The van der Waals surface area contributed by atoms with Crippen LogP contribution < -0.4 is 10.6 Å². The molecule has 2 aromatic carbocycles. The van der Waals surface area contributed by atoms with E-state index in [0.29, 0.717) is 18.5 Å². The summed E-state index contributed by atoms with van der Waals surface area (Å²) in [4.78, 5) is 41.3. The molecule has 3 atom stereocenters. The number of rotatable bonds is 10. The second kappa shape index (κ2) is 13.1. The Hall–Kier alpha value is -3.39. The summed E-state index contributed by atoms with van der Waals surface area (Å²) in [5.41, 5.74) is 1.67. The zero-order valence-corrected chi connectivity index (χ0v) is 22.1. The van der Waals surface area contributed by atoms with E-state index < -0.39 is 36.3 Å². The summed E-state index contributed by atoms with van der Waals surface area (Å²) in [6, 6.07) is 14.3. The summed E-state index contributed by atoms with van der Waals surface area (Å²) >= 11 is 0. The first-order valence-corrected chi connectivity index (χ1v) is 12.3. The van der Waals surface area contributed by atoms with Gasteiger partial charge in [0.2, 0.25) is 11.8 Å². The molecule has 8 heteroatoms. The summed E-state index contributed by atoms with van der Waals surface area (Å²) in [5, 5.41) is 15.5. The van der Waals surface area contributed by atoms with E-state index in [1.807, 2.05) is 75.4 Å². The largest absolute Gasteiger partial charge is 0.444 e. The molecule has 8 nitrogen and oxygen atoms in total. The average Bonchev–Trinajstić information content (AvgIpc) is 2.83. The van der Waals surface area contributed by atoms with E-state index in [4.69, 9.17) is 4.74 Å². The summed E-state index contributed by atoms with van der Waals surface area (Å²) in [6.45, 7) is 10.4. The topological polar surface area (TPSA) is 108 Å². The summed E-state index contributed by atoms with van der Waals surface area (Å²) in [6.07, 6.45) is -0.259. The van der Waals surface area contributed by atoms with Crippen LogP contribution in [-0.2, 0) is 20.9 Å². The van der Waals surface area contributed by atoms with Crippen molar-refractivity contribution < 1.29 is 24.2 Å². The first kappa shape index (κ1) is 28.8. The third-order valence-corrected chi connectivity index (χ3v) is 5.81. The first-order chi connectivity index (χ1) is 17.0. The maximum absolute atomic E-state index is 13.8. The second-order valence-corrected chi connectivity index (χ2v) is 9.85. The summed E-state index contributed by atoms with van der Waals surface area (Å²) in [7, 11) is 0. The summed E-state index contributed by atoms with van der Waals surface area (Å²) in [5.74, 6) is -0.920. The Kier molecular flexibility index (Phi) is 10.5. The second-order valence-electron chi connectivity index (χ2n) is 9.85. The molecule has 0 fully saturated rings. The smallest absolute Gasteiger partial charge is 0.408 e. The third kappa shape index (κ3) is 8.09. The van der Waals surface area contributed by atoms with Gasteiger partial charge in [0.1, 0.15) is 17.7 Å². The zero-order chi connectivity index (χ0) is 26.9. The molecule has 196 valence electrons. The van der Waals surface area contributed by atoms with Gasteiger partial charge in [0.15, 0.2) is 0 Å². The first-order valence-electron chi connectivity index (χ1n) is 12.3. The van der Waals surface area contributed by atoms with Crippen LogP contribution in [0.3, 0.4) is 0 Å². The molecule has 0 saturated heterocycles. The van der Waals surface area contributed by atoms with Gasteiger partial charge < -0.3 is 25.4 Å². The highest BCUT2D eigenvalue weighted by molar-refractivity contribution is 5.92. The van der Waals surface area contributed by atoms with Crippen LogP contribution in [0.4, 0.5) is 4.79 Å². The molecule has 2 aromatic rings. The van der Waals surface area contributed by atoms with Crippen LogP contribution in [0.15, 0.2) is 54.6 Å². The van der Waals surface area contributed by atoms with Crippen LogP contribution in [-0.4, -0.2) is 52.2 Å². The van der Waals surface area contributed by atoms with Crippen LogP contribution >= 0.6 is 0 Å². The number of benzene rings is 2. The Morgan fingerprint density at radius 3 is 2.19 bits per heavy atom. The Balaban J connectivity index is 2.44. The molecule has 36 heavy (non-hydrogen) atoms. The SMILES string of the molecule is CCC(C)N(C(=O)C(CO)NC(=O)OC(C)(C)C)C(C(=O)NCc1ccccc1)c1ccccc1C. The van der Waals surface area contributed by atoms with Gasteiger partial charge in [-0.05, 0) is 57.7 Å². The minimum absolute atomic E-state index is 0.296. The molecule has 0 spiro atoms. The molecule has 0 aliphatic rings. The van der Waals surface area contributed by atoms with Crippen LogP contribution in [0, 0.1) is 6.92 Å². The molecule has 0 bridgehead atoms. The highest BCUT2D eigenvalue weighted by atomic mass is 16.6. The van der Waals surface area contributed by atoms with Gasteiger partial charge in [0.05, 0.1) is 6.61 Å². The van der Waals surface area contributed by atoms with Gasteiger partial charge in [-0.3, -0.25) is 9.59 Å². The number of aryl methyl sites for hydroxylation is 1. The van der Waals surface area contributed by atoms with E-state index in [2.05, 4.69) is 10.6 Å². The fourth-order valence-electron chi connectivity index (χ4n) is 3.80. The molecule has 0 heterocycles. The van der Waals surface area contributed by atoms with E-state index in [-0.39, 0.29) is 11.9 Å². The molecule has 3 N–H and O–H groups in total. The van der Waals surface area contributed by atoms with Gasteiger partial charge in [-0.25, -0.2) is 4.79 Å². The van der Waals surface area contributed by atoms with Crippen molar-refractivity contribution in [2.45, 2.75) is 78.2 Å². The van der Waals surface area contributed by atoms with Crippen molar-refractivity contribution in [3.8, 4) is 0 Å². The van der Waals surface area contributed by atoms with Crippen molar-refractivity contribution in [1.82, 2.24) is 15.5 Å². The lowest BCUT2D eigenvalue weighted by molar-refractivity contribution is -0.146. The molecule has 3 unspecified atom stereocenters. The lowest BCUT2D eigenvalue weighted by atomic mass is 9.96. The summed E-state index contributed by atoms with van der Waals surface area (Å²) < 4.78 is 5.27. The van der Waals surface area contributed by atoms with Gasteiger partial charge in [-0.2, -0.15) is 0 Å². The molecule has 3 amide bonds. The fourth-order valence-corrected chi connectivity index (χ4v) is 3.80. The van der Waals surface area contributed by atoms with Crippen LogP contribution in [0.2, 0.25) is 0 Å². The molecule has 0 aromatic heterocycles. The number of nitrogens with one attached hydrogen (secondary N) is 2. The Bertz CT molecular complexity index is 1020. The van der Waals surface area contributed by atoms with Gasteiger partial charge in [0.25, 0.3) is 0 Å². The van der Waals surface area contributed by atoms with E-state index in [1.165, 1.54) is 4.90 Å². The van der Waals surface area contributed by atoms with Crippen LogP contribution in [0.25, 0.3) is 0 Å². The highest BCUT2D eigenvalue weighted by Gasteiger charge is 2.38. The molecule has 0 aliphatic carbocycles. The molecule has 0 saturated carbocycles. The number of carbonyl (C=O) groups is 3.